The summed E-state index contributed by atoms with van der Waals surface area (Å²) in [7, 11) is 4.13. The minimum atomic E-state index is 0.334. The van der Waals surface area contributed by atoms with Crippen molar-refractivity contribution >= 4 is 0 Å². The Kier molecular flexibility index (Phi) is 4.04. The number of rotatable bonds is 4. The molecule has 1 heterocycles. The minimum absolute atomic E-state index is 0.334. The van der Waals surface area contributed by atoms with Crippen molar-refractivity contribution in [3.8, 4) is 0 Å². The van der Waals surface area contributed by atoms with Gasteiger partial charge in [-0.15, -0.1) is 0 Å². The summed E-state index contributed by atoms with van der Waals surface area (Å²) in [4.78, 5) is 6.25. The highest BCUT2D eigenvalue weighted by atomic mass is 15.2. The Morgan fingerprint density at radius 1 is 1.36 bits per heavy atom. The van der Waals surface area contributed by atoms with E-state index in [2.05, 4.69) is 49.2 Å². The van der Waals surface area contributed by atoms with E-state index in [4.69, 9.17) is 0 Å². The molecule has 3 heteroatoms. The van der Waals surface area contributed by atoms with E-state index >= 15 is 0 Å². The van der Waals surface area contributed by atoms with E-state index in [1.165, 1.54) is 5.56 Å². The van der Waals surface area contributed by atoms with Gasteiger partial charge in [-0.2, -0.15) is 0 Å². The minimum Gasteiger partial charge on any atom is -0.295 e. The van der Waals surface area contributed by atoms with Gasteiger partial charge in [-0.05, 0) is 39.6 Å². The highest BCUT2D eigenvalue weighted by molar-refractivity contribution is 5.12. The van der Waals surface area contributed by atoms with Gasteiger partial charge in [-0.3, -0.25) is 15.2 Å². The predicted octanol–water partition coefficient (Wildman–Crippen LogP) is 1.64. The highest BCUT2D eigenvalue weighted by Gasteiger charge is 2.09. The topological polar surface area (TPSA) is 28.2 Å². The van der Waals surface area contributed by atoms with E-state index in [0.717, 1.165) is 0 Å². The lowest BCUT2D eigenvalue weighted by Gasteiger charge is -2.25. The summed E-state index contributed by atoms with van der Waals surface area (Å²) in [5.41, 5.74) is 1.22. The van der Waals surface area contributed by atoms with E-state index in [-0.39, 0.29) is 0 Å². The van der Waals surface area contributed by atoms with Gasteiger partial charge in [0.15, 0.2) is 0 Å². The molecule has 0 spiro atoms. The Hall–Kier alpha value is -0.930. The van der Waals surface area contributed by atoms with Crippen LogP contribution >= 0.6 is 0 Å². The van der Waals surface area contributed by atoms with Crippen LogP contribution in [0.3, 0.4) is 0 Å². The molecule has 3 nitrogen and oxygen atoms in total. The summed E-state index contributed by atoms with van der Waals surface area (Å²) in [6.07, 6.45) is 4.07. The van der Waals surface area contributed by atoms with Crippen LogP contribution in [0.4, 0.5) is 0 Å². The monoisotopic (exact) mass is 193 g/mol. The van der Waals surface area contributed by atoms with E-state index in [0.29, 0.717) is 12.2 Å². The van der Waals surface area contributed by atoms with Gasteiger partial charge in [0.25, 0.3) is 0 Å². The molecule has 0 aromatic carbocycles. The number of pyridine rings is 1. The molecule has 14 heavy (non-hydrogen) atoms. The first kappa shape index (κ1) is 11.1. The quantitative estimate of drug-likeness (QED) is 0.737. The van der Waals surface area contributed by atoms with Gasteiger partial charge < -0.3 is 0 Å². The average Bonchev–Trinajstić information content (AvgIpc) is 2.19. The number of hydrogen-bond acceptors (Lipinski definition) is 3. The molecular weight excluding hydrogens is 174 g/mol. The standard InChI is InChI=1S/C11H19N3/c1-9(13-10(2)14(3)4)11-6-5-7-12-8-11/h5-10,13H,1-4H3. The van der Waals surface area contributed by atoms with Crippen LogP contribution in [0.15, 0.2) is 24.5 Å². The van der Waals surface area contributed by atoms with Gasteiger partial charge in [-0.1, -0.05) is 6.07 Å². The molecule has 2 atom stereocenters. The smallest absolute Gasteiger partial charge is 0.0567 e. The number of aromatic nitrogens is 1. The molecule has 1 N–H and O–H groups in total. The van der Waals surface area contributed by atoms with Crippen molar-refractivity contribution in [3.63, 3.8) is 0 Å². The Balaban J connectivity index is 2.55. The van der Waals surface area contributed by atoms with Gasteiger partial charge in [0.1, 0.15) is 0 Å². The summed E-state index contributed by atoms with van der Waals surface area (Å²) in [5.74, 6) is 0. The van der Waals surface area contributed by atoms with Crippen molar-refractivity contribution in [2.75, 3.05) is 14.1 Å². The van der Waals surface area contributed by atoms with E-state index in [1.54, 1.807) is 6.20 Å². The van der Waals surface area contributed by atoms with Crippen LogP contribution in [0, 0.1) is 0 Å². The van der Waals surface area contributed by atoms with Crippen molar-refractivity contribution in [3.05, 3.63) is 30.1 Å². The third-order valence-corrected chi connectivity index (χ3v) is 2.45. The third-order valence-electron chi connectivity index (χ3n) is 2.45. The fourth-order valence-corrected chi connectivity index (χ4v) is 1.24. The molecule has 0 saturated heterocycles. The molecule has 0 radical (unpaired) electrons. The zero-order chi connectivity index (χ0) is 10.6. The summed E-state index contributed by atoms with van der Waals surface area (Å²) in [6, 6.07) is 4.39. The Morgan fingerprint density at radius 2 is 2.07 bits per heavy atom. The van der Waals surface area contributed by atoms with Crippen LogP contribution < -0.4 is 5.32 Å². The maximum atomic E-state index is 4.10. The van der Waals surface area contributed by atoms with E-state index in [9.17, 15) is 0 Å². The first-order chi connectivity index (χ1) is 6.61. The lowest BCUT2D eigenvalue weighted by atomic mass is 10.1. The summed E-state index contributed by atoms with van der Waals surface area (Å²) in [6.45, 7) is 4.30. The molecule has 0 aliphatic rings. The van der Waals surface area contributed by atoms with Crippen LogP contribution in [0.25, 0.3) is 0 Å². The number of hydrogen-bond donors (Lipinski definition) is 1. The second kappa shape index (κ2) is 5.08. The van der Waals surface area contributed by atoms with Gasteiger partial charge in [0, 0.05) is 18.4 Å². The third kappa shape index (κ3) is 3.09. The molecule has 1 aromatic rings. The maximum Gasteiger partial charge on any atom is 0.0567 e. The fraction of sp³-hybridized carbons (Fsp3) is 0.545. The van der Waals surface area contributed by atoms with Crippen LogP contribution in [-0.4, -0.2) is 30.1 Å². The molecule has 0 amide bonds. The maximum absolute atomic E-state index is 4.10. The van der Waals surface area contributed by atoms with Crippen molar-refractivity contribution in [1.82, 2.24) is 15.2 Å². The van der Waals surface area contributed by atoms with Gasteiger partial charge >= 0.3 is 0 Å². The molecule has 1 aromatic heterocycles. The van der Waals surface area contributed by atoms with Crippen LogP contribution in [0.1, 0.15) is 25.5 Å². The van der Waals surface area contributed by atoms with Gasteiger partial charge in [0.2, 0.25) is 0 Å². The summed E-state index contributed by atoms with van der Waals surface area (Å²) < 4.78 is 0. The molecule has 1 rings (SSSR count). The Bertz CT molecular complexity index is 258. The second-order valence-corrected chi connectivity index (χ2v) is 3.81. The largest absolute Gasteiger partial charge is 0.295 e. The zero-order valence-electron chi connectivity index (χ0n) is 9.36. The van der Waals surface area contributed by atoms with Crippen LogP contribution in [0.5, 0.6) is 0 Å². The fourth-order valence-electron chi connectivity index (χ4n) is 1.24. The van der Waals surface area contributed by atoms with E-state index in [1.807, 2.05) is 12.3 Å². The SMILES string of the molecule is CC(NC(C)N(C)C)c1cccnc1. The Morgan fingerprint density at radius 3 is 2.57 bits per heavy atom. The molecule has 0 bridgehead atoms. The molecule has 0 saturated carbocycles. The molecule has 0 aliphatic heterocycles. The lowest BCUT2D eigenvalue weighted by Crippen LogP contribution is -2.40. The number of nitrogens with one attached hydrogen (secondary N) is 1. The normalized spacial score (nSPS) is 15.5. The molecule has 0 fully saturated rings. The van der Waals surface area contributed by atoms with E-state index < -0.39 is 0 Å². The van der Waals surface area contributed by atoms with Crippen molar-refractivity contribution in [2.45, 2.75) is 26.1 Å². The molecule has 78 valence electrons. The summed E-state index contributed by atoms with van der Waals surface area (Å²) >= 11 is 0. The van der Waals surface area contributed by atoms with Crippen molar-refractivity contribution < 1.29 is 0 Å². The predicted molar refractivity (Wildman–Crippen MR) is 58.9 cm³/mol. The number of nitrogens with zero attached hydrogens (tertiary/aromatic N) is 2. The van der Waals surface area contributed by atoms with Crippen LogP contribution in [-0.2, 0) is 0 Å². The first-order valence-corrected chi connectivity index (χ1v) is 4.93. The van der Waals surface area contributed by atoms with Gasteiger partial charge in [-0.25, -0.2) is 0 Å². The second-order valence-electron chi connectivity index (χ2n) is 3.81. The molecular formula is C11H19N3. The highest BCUT2D eigenvalue weighted by Crippen LogP contribution is 2.10. The van der Waals surface area contributed by atoms with Gasteiger partial charge in [0.05, 0.1) is 6.17 Å². The van der Waals surface area contributed by atoms with Crippen molar-refractivity contribution in [1.29, 1.82) is 0 Å². The summed E-state index contributed by atoms with van der Waals surface area (Å²) in [5, 5.41) is 3.48. The Labute approximate surface area is 86.2 Å². The first-order valence-electron chi connectivity index (χ1n) is 4.93. The van der Waals surface area contributed by atoms with Crippen LogP contribution in [0.2, 0.25) is 0 Å². The lowest BCUT2D eigenvalue weighted by molar-refractivity contribution is 0.247. The average molecular weight is 193 g/mol. The molecule has 0 aliphatic carbocycles. The zero-order valence-corrected chi connectivity index (χ0v) is 9.36. The molecule has 2 unspecified atom stereocenters. The van der Waals surface area contributed by atoms with Crippen molar-refractivity contribution in [2.24, 2.45) is 0 Å².